The minimum atomic E-state index is -0.850. The van der Waals surface area contributed by atoms with Gasteiger partial charge in [0.05, 0.1) is 20.1 Å². The van der Waals surface area contributed by atoms with Crippen LogP contribution in [0.2, 0.25) is 0 Å². The van der Waals surface area contributed by atoms with Crippen LogP contribution in [0.4, 0.5) is 0 Å². The van der Waals surface area contributed by atoms with E-state index in [1.54, 1.807) is 17.0 Å². The highest BCUT2D eigenvalue weighted by molar-refractivity contribution is 5.95. The third-order valence-electron chi connectivity index (χ3n) is 4.06. The maximum atomic E-state index is 12.6. The number of hydrogen-bond donors (Lipinski definition) is 1. The summed E-state index contributed by atoms with van der Waals surface area (Å²) in [5, 5.41) is 9.13. The minimum absolute atomic E-state index is 0.192. The Labute approximate surface area is 129 Å². The second-order valence-electron chi connectivity index (χ2n) is 5.43. The summed E-state index contributed by atoms with van der Waals surface area (Å²) in [5.74, 6) is -0.380. The van der Waals surface area contributed by atoms with Gasteiger partial charge < -0.3 is 19.5 Å². The molecule has 1 aromatic carbocycles. The van der Waals surface area contributed by atoms with Crippen molar-refractivity contribution in [3.8, 4) is 11.5 Å². The molecule has 6 nitrogen and oxygen atoms in total. The number of hydrogen-bond acceptors (Lipinski definition) is 4. The first-order valence-electron chi connectivity index (χ1n) is 7.22. The number of piperidine rings is 1. The maximum Gasteiger partial charge on any atom is 0.308 e. The summed E-state index contributed by atoms with van der Waals surface area (Å²) in [6, 6.07) is 3.34. The lowest BCUT2D eigenvalue weighted by molar-refractivity contribution is -0.143. The Balaban J connectivity index is 2.27. The minimum Gasteiger partial charge on any atom is -0.496 e. The van der Waals surface area contributed by atoms with Crippen LogP contribution >= 0.6 is 0 Å². The van der Waals surface area contributed by atoms with Crippen LogP contribution in [0.25, 0.3) is 0 Å². The molecular weight excluding hydrogens is 286 g/mol. The molecule has 0 aliphatic carbocycles. The lowest BCUT2D eigenvalue weighted by atomic mass is 9.97. The first kappa shape index (κ1) is 16.1. The van der Waals surface area contributed by atoms with Gasteiger partial charge in [-0.15, -0.1) is 0 Å². The van der Waals surface area contributed by atoms with Crippen molar-refractivity contribution in [2.75, 3.05) is 27.3 Å². The topological polar surface area (TPSA) is 76.1 Å². The fourth-order valence-electron chi connectivity index (χ4n) is 2.76. The highest BCUT2D eigenvalue weighted by atomic mass is 16.5. The van der Waals surface area contributed by atoms with Crippen LogP contribution in [0.5, 0.6) is 11.5 Å². The van der Waals surface area contributed by atoms with Crippen molar-refractivity contribution in [1.82, 2.24) is 4.90 Å². The smallest absolute Gasteiger partial charge is 0.308 e. The van der Waals surface area contributed by atoms with Crippen molar-refractivity contribution >= 4 is 11.9 Å². The maximum absolute atomic E-state index is 12.6. The van der Waals surface area contributed by atoms with Crippen LogP contribution in [-0.2, 0) is 4.79 Å². The van der Waals surface area contributed by atoms with Crippen LogP contribution in [0.15, 0.2) is 12.1 Å². The van der Waals surface area contributed by atoms with E-state index in [2.05, 4.69) is 0 Å². The van der Waals surface area contributed by atoms with Gasteiger partial charge in [-0.05, 0) is 31.9 Å². The van der Waals surface area contributed by atoms with E-state index in [1.165, 1.54) is 14.2 Å². The molecule has 1 saturated heterocycles. The highest BCUT2D eigenvalue weighted by Gasteiger charge is 2.29. The summed E-state index contributed by atoms with van der Waals surface area (Å²) in [6.07, 6.45) is 1.31. The monoisotopic (exact) mass is 307 g/mol. The largest absolute Gasteiger partial charge is 0.496 e. The van der Waals surface area contributed by atoms with Crippen molar-refractivity contribution < 1.29 is 24.2 Å². The van der Waals surface area contributed by atoms with Crippen molar-refractivity contribution in [3.05, 3.63) is 23.3 Å². The molecule has 6 heteroatoms. The molecule has 1 fully saturated rings. The van der Waals surface area contributed by atoms with Crippen LogP contribution in [0, 0.1) is 12.8 Å². The third-order valence-corrected chi connectivity index (χ3v) is 4.06. The van der Waals surface area contributed by atoms with Gasteiger partial charge in [0.1, 0.15) is 11.5 Å². The SMILES string of the molecule is COc1cc(C(=O)N2CCC[C@H](C(=O)O)C2)cc(OC)c1C. The summed E-state index contributed by atoms with van der Waals surface area (Å²) < 4.78 is 10.6. The number of aliphatic carboxylic acids is 1. The first-order chi connectivity index (χ1) is 10.5. The van der Waals surface area contributed by atoms with Crippen LogP contribution in [0.3, 0.4) is 0 Å². The molecule has 1 atom stereocenters. The summed E-state index contributed by atoms with van der Waals surface area (Å²) in [5.41, 5.74) is 1.27. The Bertz CT molecular complexity index is 559. The van der Waals surface area contributed by atoms with E-state index in [9.17, 15) is 9.59 Å². The van der Waals surface area contributed by atoms with E-state index in [1.807, 2.05) is 6.92 Å². The number of nitrogens with zero attached hydrogens (tertiary/aromatic N) is 1. The fourth-order valence-corrected chi connectivity index (χ4v) is 2.76. The number of carboxylic acids is 1. The second-order valence-corrected chi connectivity index (χ2v) is 5.43. The van der Waals surface area contributed by atoms with Crippen molar-refractivity contribution in [3.63, 3.8) is 0 Å². The number of carbonyl (C=O) groups is 2. The number of amides is 1. The van der Waals surface area contributed by atoms with E-state index in [0.29, 0.717) is 36.4 Å². The molecule has 0 aromatic heterocycles. The molecule has 0 radical (unpaired) electrons. The van der Waals surface area contributed by atoms with Gasteiger partial charge in [0.2, 0.25) is 0 Å². The first-order valence-corrected chi connectivity index (χ1v) is 7.22. The molecule has 22 heavy (non-hydrogen) atoms. The molecule has 0 bridgehead atoms. The van der Waals surface area contributed by atoms with Gasteiger partial charge >= 0.3 is 5.97 Å². The molecule has 1 aliphatic rings. The number of benzene rings is 1. The van der Waals surface area contributed by atoms with Crippen molar-refractivity contribution in [1.29, 1.82) is 0 Å². The molecule has 2 rings (SSSR count). The zero-order valence-corrected chi connectivity index (χ0v) is 13.1. The van der Waals surface area contributed by atoms with Gasteiger partial charge in [-0.25, -0.2) is 0 Å². The number of methoxy groups -OCH3 is 2. The summed E-state index contributed by atoms with van der Waals surface area (Å²) in [4.78, 5) is 25.4. The van der Waals surface area contributed by atoms with E-state index in [0.717, 1.165) is 5.56 Å². The van der Waals surface area contributed by atoms with E-state index < -0.39 is 11.9 Å². The van der Waals surface area contributed by atoms with Gasteiger partial charge in [-0.1, -0.05) is 0 Å². The molecule has 0 saturated carbocycles. The van der Waals surface area contributed by atoms with Crippen molar-refractivity contribution in [2.24, 2.45) is 5.92 Å². The number of likely N-dealkylation sites (tertiary alicyclic amines) is 1. The number of carboxylic acid groups (broad SMARTS) is 1. The van der Waals surface area contributed by atoms with E-state index >= 15 is 0 Å². The molecule has 0 unspecified atom stereocenters. The molecule has 1 amide bonds. The zero-order chi connectivity index (χ0) is 16.3. The fraction of sp³-hybridized carbons (Fsp3) is 0.500. The normalized spacial score (nSPS) is 18.0. The average Bonchev–Trinajstić information content (AvgIpc) is 2.54. The van der Waals surface area contributed by atoms with Crippen LogP contribution < -0.4 is 9.47 Å². The molecule has 1 aromatic rings. The summed E-state index contributed by atoms with van der Waals surface area (Å²) >= 11 is 0. The Morgan fingerprint density at radius 1 is 1.23 bits per heavy atom. The van der Waals surface area contributed by atoms with Crippen molar-refractivity contribution in [2.45, 2.75) is 19.8 Å². The average molecular weight is 307 g/mol. The molecular formula is C16H21NO5. The number of rotatable bonds is 4. The lowest BCUT2D eigenvalue weighted by Gasteiger charge is -2.31. The van der Waals surface area contributed by atoms with Gasteiger partial charge in [-0.2, -0.15) is 0 Å². The lowest BCUT2D eigenvalue weighted by Crippen LogP contribution is -2.42. The Morgan fingerprint density at radius 2 is 1.82 bits per heavy atom. The number of carbonyl (C=O) groups excluding carboxylic acids is 1. The summed E-state index contributed by atoms with van der Waals surface area (Å²) in [6.45, 7) is 2.67. The van der Waals surface area contributed by atoms with E-state index in [4.69, 9.17) is 14.6 Å². The molecule has 1 heterocycles. The molecule has 1 aliphatic heterocycles. The molecule has 1 N–H and O–H groups in total. The van der Waals surface area contributed by atoms with Gasteiger partial charge in [0, 0.05) is 24.2 Å². The Morgan fingerprint density at radius 3 is 2.32 bits per heavy atom. The van der Waals surface area contributed by atoms with Gasteiger partial charge in [-0.3, -0.25) is 9.59 Å². The van der Waals surface area contributed by atoms with Gasteiger partial charge in [0.25, 0.3) is 5.91 Å². The highest BCUT2D eigenvalue weighted by Crippen LogP contribution is 2.30. The standard InChI is InChI=1S/C16H21NO5/c1-10-13(21-2)7-12(8-14(10)22-3)15(18)17-6-4-5-11(9-17)16(19)20/h7-8,11H,4-6,9H2,1-3H3,(H,19,20)/t11-/m0/s1. The predicted octanol–water partition coefficient (Wildman–Crippen LogP) is 1.95. The predicted molar refractivity (Wildman–Crippen MR) is 80.5 cm³/mol. The Hall–Kier alpha value is -2.24. The molecule has 0 spiro atoms. The quantitative estimate of drug-likeness (QED) is 0.920. The van der Waals surface area contributed by atoms with Crippen LogP contribution in [-0.4, -0.2) is 49.2 Å². The summed E-state index contributed by atoms with van der Waals surface area (Å²) in [7, 11) is 3.08. The Kier molecular flexibility index (Phi) is 4.90. The van der Waals surface area contributed by atoms with Crippen LogP contribution in [0.1, 0.15) is 28.8 Å². The second kappa shape index (κ2) is 6.68. The number of ether oxygens (including phenoxy) is 2. The third kappa shape index (κ3) is 3.16. The molecule has 120 valence electrons. The van der Waals surface area contributed by atoms with Gasteiger partial charge in [0.15, 0.2) is 0 Å². The van der Waals surface area contributed by atoms with E-state index in [-0.39, 0.29) is 12.5 Å². The zero-order valence-electron chi connectivity index (χ0n) is 13.1.